The van der Waals surface area contributed by atoms with Crippen LogP contribution in [0.15, 0.2) is 59.6 Å². The Kier molecular flexibility index (Phi) is 7.84. The number of sulfonamides is 1. The molecule has 0 atom stereocenters. The molecule has 1 heterocycles. The summed E-state index contributed by atoms with van der Waals surface area (Å²) in [5.74, 6) is -0.399. The molecule has 10 heteroatoms. The first kappa shape index (κ1) is 25.3. The van der Waals surface area contributed by atoms with Crippen LogP contribution in [0, 0.1) is 0 Å². The quantitative estimate of drug-likeness (QED) is 0.426. The number of nitrogens with one attached hydrogen (secondary N) is 1. The highest BCUT2D eigenvalue weighted by Crippen LogP contribution is 2.32. The van der Waals surface area contributed by atoms with Gasteiger partial charge in [-0.05, 0) is 66.6 Å². The summed E-state index contributed by atoms with van der Waals surface area (Å²) in [4.78, 5) is 12.4. The number of methoxy groups -OCH3 is 1. The molecule has 0 fully saturated rings. The molecule has 0 radical (unpaired) electrons. The van der Waals surface area contributed by atoms with E-state index in [1.807, 2.05) is 23.0 Å². The van der Waals surface area contributed by atoms with Crippen LogP contribution < -0.4 is 9.46 Å². The van der Waals surface area contributed by atoms with Crippen molar-refractivity contribution in [1.82, 2.24) is 14.5 Å². The van der Waals surface area contributed by atoms with Gasteiger partial charge in [0.15, 0.2) is 0 Å². The Morgan fingerprint density at radius 3 is 2.77 bits per heavy atom. The average Bonchev–Trinajstić information content (AvgIpc) is 3.24. The van der Waals surface area contributed by atoms with Crippen molar-refractivity contribution in [3.8, 4) is 5.75 Å². The summed E-state index contributed by atoms with van der Waals surface area (Å²) < 4.78 is 34.4. The molecule has 3 aromatic rings. The van der Waals surface area contributed by atoms with Crippen LogP contribution >= 0.6 is 23.2 Å². The number of benzene rings is 2. The Hall–Kier alpha value is -2.81. The fourth-order valence-corrected chi connectivity index (χ4v) is 5.82. The first-order valence-corrected chi connectivity index (χ1v) is 13.4. The lowest BCUT2D eigenvalue weighted by Crippen LogP contribution is -2.30. The van der Waals surface area contributed by atoms with Crippen molar-refractivity contribution >= 4 is 44.7 Å². The second-order valence-corrected chi connectivity index (χ2v) is 10.7. The van der Waals surface area contributed by atoms with E-state index in [0.29, 0.717) is 23.0 Å². The molecule has 35 heavy (non-hydrogen) atoms. The third kappa shape index (κ3) is 5.89. The van der Waals surface area contributed by atoms with Crippen LogP contribution in [-0.2, 0) is 27.8 Å². The molecule has 0 bridgehead atoms. The van der Waals surface area contributed by atoms with Gasteiger partial charge in [0.2, 0.25) is 5.91 Å². The number of para-hydroxylation sites is 1. The smallest absolute Gasteiger partial charge is 0.267 e. The van der Waals surface area contributed by atoms with Crippen molar-refractivity contribution in [2.45, 2.75) is 43.5 Å². The molecule has 0 saturated carbocycles. The van der Waals surface area contributed by atoms with Crippen molar-refractivity contribution < 1.29 is 17.9 Å². The fourth-order valence-electron chi connectivity index (χ4n) is 4.17. The molecule has 1 aromatic heterocycles. The monoisotopic (exact) mass is 533 g/mol. The molecule has 0 saturated heterocycles. The maximum absolute atomic E-state index is 12.6. The van der Waals surface area contributed by atoms with Crippen molar-refractivity contribution in [1.29, 1.82) is 0 Å². The molecule has 1 amide bonds. The van der Waals surface area contributed by atoms with Gasteiger partial charge in [-0.2, -0.15) is 5.10 Å². The number of halogens is 2. The van der Waals surface area contributed by atoms with E-state index in [0.717, 1.165) is 41.7 Å². The molecule has 184 valence electrons. The summed E-state index contributed by atoms with van der Waals surface area (Å²) in [6.07, 6.45) is 7.07. The maximum Gasteiger partial charge on any atom is 0.267 e. The second kappa shape index (κ2) is 10.8. The SMILES string of the molecule is COc1ccccc1S(=O)(=O)NC(=O)CC/C=C1\CCCc2cnn(Cc3ccc(Cl)cc3Cl)c21. The Bertz CT molecular complexity index is 1380. The van der Waals surface area contributed by atoms with E-state index >= 15 is 0 Å². The average molecular weight is 534 g/mol. The molecule has 4 rings (SSSR count). The van der Waals surface area contributed by atoms with Gasteiger partial charge >= 0.3 is 0 Å². The lowest BCUT2D eigenvalue weighted by molar-refractivity contribution is -0.119. The highest BCUT2D eigenvalue weighted by Gasteiger charge is 2.22. The molecule has 0 aliphatic heterocycles. The molecule has 0 spiro atoms. The Labute approximate surface area is 214 Å². The maximum atomic E-state index is 12.6. The number of ether oxygens (including phenoxy) is 1. The van der Waals surface area contributed by atoms with E-state index in [9.17, 15) is 13.2 Å². The summed E-state index contributed by atoms with van der Waals surface area (Å²) >= 11 is 12.4. The van der Waals surface area contributed by atoms with Gasteiger partial charge in [0, 0.05) is 16.5 Å². The predicted octanol–water partition coefficient (Wildman–Crippen LogP) is 5.25. The standard InChI is InChI=1S/C25H25Cl2N3O4S/c1-34-22-9-2-3-10-23(22)35(32,33)29-24(31)11-5-7-17-6-4-8-18-15-28-30(25(17)18)16-19-12-13-20(26)14-21(19)27/h2-3,7,9-10,12-15H,4-6,8,11,16H2,1H3,(H,29,31)/b17-7+. The normalized spacial score (nSPS) is 14.5. The number of rotatable bonds is 8. The third-order valence-corrected chi connectivity index (χ3v) is 7.82. The van der Waals surface area contributed by atoms with Gasteiger partial charge in [0.1, 0.15) is 10.6 Å². The molecule has 2 aromatic carbocycles. The molecule has 1 aliphatic carbocycles. The largest absolute Gasteiger partial charge is 0.495 e. The Balaban J connectivity index is 1.45. The van der Waals surface area contributed by atoms with Crippen LogP contribution in [0.1, 0.15) is 42.5 Å². The zero-order chi connectivity index (χ0) is 25.0. The van der Waals surface area contributed by atoms with Gasteiger partial charge in [0.25, 0.3) is 10.0 Å². The predicted molar refractivity (Wildman–Crippen MR) is 136 cm³/mol. The van der Waals surface area contributed by atoms with Crippen molar-refractivity contribution in [3.63, 3.8) is 0 Å². The van der Waals surface area contributed by atoms with Crippen LogP contribution in [0.25, 0.3) is 5.57 Å². The minimum absolute atomic E-state index is 0.0321. The van der Waals surface area contributed by atoms with Gasteiger partial charge in [-0.1, -0.05) is 47.5 Å². The van der Waals surface area contributed by atoms with Crippen LogP contribution in [0.2, 0.25) is 10.0 Å². The van der Waals surface area contributed by atoms with E-state index < -0.39 is 15.9 Å². The first-order chi connectivity index (χ1) is 16.8. The van der Waals surface area contributed by atoms with Crippen molar-refractivity contribution in [2.24, 2.45) is 0 Å². The lowest BCUT2D eigenvalue weighted by atomic mass is 9.92. The summed E-state index contributed by atoms with van der Waals surface area (Å²) in [6, 6.07) is 11.6. The van der Waals surface area contributed by atoms with Crippen LogP contribution in [0.3, 0.4) is 0 Å². The number of carbonyl (C=O) groups is 1. The molecule has 7 nitrogen and oxygen atoms in total. The number of amides is 1. The van der Waals surface area contributed by atoms with Gasteiger partial charge in [-0.25, -0.2) is 13.1 Å². The number of hydrogen-bond donors (Lipinski definition) is 1. The van der Waals surface area contributed by atoms with Crippen LogP contribution in [0.5, 0.6) is 5.75 Å². The number of aromatic nitrogens is 2. The molecule has 1 N–H and O–H groups in total. The van der Waals surface area contributed by atoms with Gasteiger partial charge in [-0.3, -0.25) is 9.48 Å². The van der Waals surface area contributed by atoms with E-state index in [2.05, 4.69) is 9.82 Å². The lowest BCUT2D eigenvalue weighted by Gasteiger charge is -2.18. The number of hydrogen-bond acceptors (Lipinski definition) is 5. The minimum atomic E-state index is -4.03. The Morgan fingerprint density at radius 1 is 1.20 bits per heavy atom. The number of aryl methyl sites for hydroxylation is 1. The van der Waals surface area contributed by atoms with Crippen molar-refractivity contribution in [2.75, 3.05) is 7.11 Å². The topological polar surface area (TPSA) is 90.3 Å². The molecule has 0 unspecified atom stereocenters. The summed E-state index contributed by atoms with van der Waals surface area (Å²) in [7, 11) is -2.65. The number of carbonyl (C=O) groups excluding carboxylic acids is 1. The summed E-state index contributed by atoms with van der Waals surface area (Å²) in [6.45, 7) is 0.500. The number of allylic oxidation sites excluding steroid dienone is 2. The molecule has 1 aliphatic rings. The van der Waals surface area contributed by atoms with Crippen molar-refractivity contribution in [3.05, 3.63) is 81.6 Å². The molecular weight excluding hydrogens is 509 g/mol. The molecular formula is C25H25Cl2N3O4S. The first-order valence-electron chi connectivity index (χ1n) is 11.1. The Morgan fingerprint density at radius 2 is 2.00 bits per heavy atom. The van der Waals surface area contributed by atoms with Gasteiger partial charge in [0.05, 0.1) is 25.5 Å². The summed E-state index contributed by atoms with van der Waals surface area (Å²) in [5, 5.41) is 5.72. The van der Waals surface area contributed by atoms with Gasteiger partial charge < -0.3 is 4.74 Å². The van der Waals surface area contributed by atoms with Gasteiger partial charge in [-0.15, -0.1) is 0 Å². The third-order valence-electron chi connectivity index (χ3n) is 5.82. The fraction of sp³-hybridized carbons (Fsp3) is 0.280. The van der Waals surface area contributed by atoms with E-state index in [1.165, 1.54) is 19.2 Å². The number of nitrogens with zero attached hydrogens (tertiary/aromatic N) is 2. The van der Waals surface area contributed by atoms with Crippen LogP contribution in [0.4, 0.5) is 0 Å². The number of fused-ring (bicyclic) bond motifs is 1. The van der Waals surface area contributed by atoms with E-state index in [4.69, 9.17) is 27.9 Å². The van der Waals surface area contributed by atoms with E-state index in [1.54, 1.807) is 24.3 Å². The second-order valence-electron chi connectivity index (χ2n) is 8.21. The zero-order valence-electron chi connectivity index (χ0n) is 19.1. The van der Waals surface area contributed by atoms with E-state index in [-0.39, 0.29) is 17.1 Å². The summed E-state index contributed by atoms with van der Waals surface area (Å²) in [5.41, 5.74) is 4.18. The highest BCUT2D eigenvalue weighted by atomic mass is 35.5. The zero-order valence-corrected chi connectivity index (χ0v) is 21.5. The highest BCUT2D eigenvalue weighted by molar-refractivity contribution is 7.90. The minimum Gasteiger partial charge on any atom is -0.495 e. The van der Waals surface area contributed by atoms with Crippen LogP contribution in [-0.4, -0.2) is 31.2 Å².